The van der Waals surface area contributed by atoms with Crippen molar-refractivity contribution in [3.8, 4) is 11.3 Å². The summed E-state index contributed by atoms with van der Waals surface area (Å²) in [7, 11) is 0. The van der Waals surface area contributed by atoms with Gasteiger partial charge in [-0.2, -0.15) is 5.10 Å². The number of hydrogen-bond acceptors (Lipinski definition) is 5. The number of aromatic nitrogens is 3. The van der Waals surface area contributed by atoms with E-state index in [1.165, 1.54) is 12.1 Å². The Labute approximate surface area is 187 Å². The highest BCUT2D eigenvalue weighted by atomic mass is 79.9. The van der Waals surface area contributed by atoms with E-state index in [0.717, 1.165) is 54.0 Å². The molecule has 8 heteroatoms. The minimum Gasteiger partial charge on any atom is -0.368 e. The topological polar surface area (TPSA) is 53.7 Å². The van der Waals surface area contributed by atoms with Crippen molar-refractivity contribution in [1.82, 2.24) is 14.6 Å². The molecule has 0 N–H and O–H groups in total. The molecule has 0 saturated carbocycles. The largest absolute Gasteiger partial charge is 0.368 e. The average molecular weight is 480 g/mol. The Morgan fingerprint density at radius 1 is 0.935 bits per heavy atom. The predicted molar refractivity (Wildman–Crippen MR) is 122 cm³/mol. The number of rotatable bonds is 4. The fraction of sp³-hybridized carbons (Fsp3) is 0.174. The van der Waals surface area contributed by atoms with Crippen molar-refractivity contribution in [2.75, 3.05) is 36.0 Å². The van der Waals surface area contributed by atoms with Gasteiger partial charge in [0.1, 0.15) is 17.0 Å². The summed E-state index contributed by atoms with van der Waals surface area (Å²) in [6.07, 6.45) is 4.34. The van der Waals surface area contributed by atoms with Crippen LogP contribution < -0.4 is 9.80 Å². The van der Waals surface area contributed by atoms with Crippen LogP contribution in [0.15, 0.2) is 65.4 Å². The third kappa shape index (κ3) is 3.67. The van der Waals surface area contributed by atoms with Crippen molar-refractivity contribution in [2.45, 2.75) is 0 Å². The van der Waals surface area contributed by atoms with Crippen LogP contribution in [0, 0.1) is 5.82 Å². The number of halogens is 2. The molecule has 5 rings (SSSR count). The molecule has 1 fully saturated rings. The van der Waals surface area contributed by atoms with E-state index in [1.54, 1.807) is 29.0 Å². The number of carbonyl (C=O) groups excluding carboxylic acids is 1. The van der Waals surface area contributed by atoms with Crippen molar-refractivity contribution in [2.24, 2.45) is 0 Å². The molecule has 2 aromatic heterocycles. The molecule has 3 heterocycles. The van der Waals surface area contributed by atoms with Crippen molar-refractivity contribution in [1.29, 1.82) is 0 Å². The van der Waals surface area contributed by atoms with E-state index in [2.05, 4.69) is 35.8 Å². The SMILES string of the molecule is O=Cc1c(-c2ccc(Br)cc2)nn2ccnc(N3CCN(c4ccc(F)cc4)CC3)c12. The summed E-state index contributed by atoms with van der Waals surface area (Å²) in [6, 6.07) is 14.3. The van der Waals surface area contributed by atoms with Crippen molar-refractivity contribution >= 4 is 39.2 Å². The van der Waals surface area contributed by atoms with E-state index >= 15 is 0 Å². The fourth-order valence-electron chi connectivity index (χ4n) is 4.00. The second-order valence-corrected chi connectivity index (χ2v) is 8.30. The van der Waals surface area contributed by atoms with Crippen molar-refractivity contribution in [3.63, 3.8) is 0 Å². The van der Waals surface area contributed by atoms with Crippen molar-refractivity contribution < 1.29 is 9.18 Å². The Bertz CT molecular complexity index is 1230. The van der Waals surface area contributed by atoms with Gasteiger partial charge in [0, 0.05) is 54.3 Å². The van der Waals surface area contributed by atoms with Crippen LogP contribution in [0.2, 0.25) is 0 Å². The first kappa shape index (κ1) is 19.7. The summed E-state index contributed by atoms with van der Waals surface area (Å²) in [5, 5.41) is 4.67. The zero-order valence-corrected chi connectivity index (χ0v) is 18.2. The highest BCUT2D eigenvalue weighted by Crippen LogP contribution is 2.31. The maximum atomic E-state index is 13.2. The highest BCUT2D eigenvalue weighted by molar-refractivity contribution is 9.10. The molecular formula is C23H19BrFN5O. The second kappa shape index (κ2) is 8.11. The minimum absolute atomic E-state index is 0.234. The quantitative estimate of drug-likeness (QED) is 0.405. The maximum Gasteiger partial charge on any atom is 0.155 e. The van der Waals surface area contributed by atoms with Crippen molar-refractivity contribution in [3.05, 3.63) is 76.8 Å². The number of aldehydes is 1. The lowest BCUT2D eigenvalue weighted by atomic mass is 10.1. The first-order valence-corrected chi connectivity index (χ1v) is 10.8. The molecule has 2 aromatic carbocycles. The Morgan fingerprint density at radius 3 is 2.29 bits per heavy atom. The number of carbonyl (C=O) groups is 1. The molecule has 1 aliphatic rings. The number of piperazine rings is 1. The van der Waals surface area contributed by atoms with Gasteiger partial charge in [0.05, 0.1) is 5.56 Å². The van der Waals surface area contributed by atoms with Gasteiger partial charge in [0.25, 0.3) is 0 Å². The van der Waals surface area contributed by atoms with Crippen LogP contribution in [-0.2, 0) is 0 Å². The Morgan fingerprint density at radius 2 is 1.61 bits per heavy atom. The smallest absolute Gasteiger partial charge is 0.155 e. The summed E-state index contributed by atoms with van der Waals surface area (Å²) >= 11 is 3.44. The van der Waals surface area contributed by atoms with Crippen LogP contribution in [0.25, 0.3) is 16.8 Å². The summed E-state index contributed by atoms with van der Waals surface area (Å²) < 4.78 is 15.9. The van der Waals surface area contributed by atoms with Gasteiger partial charge in [-0.3, -0.25) is 4.79 Å². The molecule has 0 aliphatic carbocycles. The third-order valence-corrected chi connectivity index (χ3v) is 6.10. The lowest BCUT2D eigenvalue weighted by molar-refractivity contribution is 0.112. The van der Waals surface area contributed by atoms with Gasteiger partial charge < -0.3 is 9.80 Å². The molecule has 4 aromatic rings. The van der Waals surface area contributed by atoms with Gasteiger partial charge in [-0.05, 0) is 36.4 Å². The molecule has 0 atom stereocenters. The predicted octanol–water partition coefficient (Wildman–Crippen LogP) is 4.44. The highest BCUT2D eigenvalue weighted by Gasteiger charge is 2.24. The van der Waals surface area contributed by atoms with E-state index in [1.807, 2.05) is 24.3 Å². The van der Waals surface area contributed by atoms with Gasteiger partial charge >= 0.3 is 0 Å². The normalized spacial score (nSPS) is 14.3. The molecule has 156 valence electrons. The number of benzene rings is 2. The molecule has 0 unspecified atom stereocenters. The van der Waals surface area contributed by atoms with Gasteiger partial charge in [-0.15, -0.1) is 0 Å². The Kier molecular flexibility index (Phi) is 5.15. The van der Waals surface area contributed by atoms with E-state index in [0.29, 0.717) is 16.8 Å². The fourth-order valence-corrected chi connectivity index (χ4v) is 4.26. The standard InChI is InChI=1S/C23H19BrFN5O/c24-17-3-1-16(2-4-17)21-20(15-31)22-23(26-9-10-30(22)27-21)29-13-11-28(12-14-29)19-7-5-18(25)6-8-19/h1-10,15H,11-14H2. The molecular weight excluding hydrogens is 461 g/mol. The summed E-state index contributed by atoms with van der Waals surface area (Å²) in [4.78, 5) is 21.1. The second-order valence-electron chi connectivity index (χ2n) is 7.38. The molecule has 0 radical (unpaired) electrons. The zero-order valence-electron chi connectivity index (χ0n) is 16.6. The van der Waals surface area contributed by atoms with Gasteiger partial charge in [0.2, 0.25) is 0 Å². The van der Waals surface area contributed by atoms with Gasteiger partial charge in [-0.1, -0.05) is 28.1 Å². The van der Waals surface area contributed by atoms with Crippen LogP contribution in [0.5, 0.6) is 0 Å². The van der Waals surface area contributed by atoms with Gasteiger partial charge in [-0.25, -0.2) is 13.9 Å². The summed E-state index contributed by atoms with van der Waals surface area (Å²) in [5.41, 5.74) is 3.77. The number of anilines is 2. The van der Waals surface area contributed by atoms with E-state index < -0.39 is 0 Å². The molecule has 0 spiro atoms. The Hall–Kier alpha value is -3.26. The Balaban J connectivity index is 1.47. The van der Waals surface area contributed by atoms with Crippen LogP contribution in [0.3, 0.4) is 0 Å². The minimum atomic E-state index is -0.234. The summed E-state index contributed by atoms with van der Waals surface area (Å²) in [6.45, 7) is 3.03. The van der Waals surface area contributed by atoms with E-state index in [9.17, 15) is 9.18 Å². The summed E-state index contributed by atoms with van der Waals surface area (Å²) in [5.74, 6) is 0.515. The molecule has 0 amide bonds. The lowest BCUT2D eigenvalue weighted by Crippen LogP contribution is -2.47. The lowest BCUT2D eigenvalue weighted by Gasteiger charge is -2.36. The monoisotopic (exact) mass is 479 g/mol. The van der Waals surface area contributed by atoms with Crippen LogP contribution in [0.1, 0.15) is 10.4 Å². The number of fused-ring (bicyclic) bond motifs is 1. The molecule has 31 heavy (non-hydrogen) atoms. The first-order chi connectivity index (χ1) is 15.1. The maximum absolute atomic E-state index is 13.2. The van der Waals surface area contributed by atoms with Gasteiger partial charge in [0.15, 0.2) is 12.1 Å². The average Bonchev–Trinajstić information content (AvgIpc) is 3.19. The molecule has 6 nitrogen and oxygen atoms in total. The van der Waals surface area contributed by atoms with Crippen LogP contribution in [-0.4, -0.2) is 47.1 Å². The number of nitrogens with zero attached hydrogens (tertiary/aromatic N) is 5. The zero-order chi connectivity index (χ0) is 21.4. The molecule has 1 saturated heterocycles. The van der Waals surface area contributed by atoms with E-state index in [-0.39, 0.29) is 5.82 Å². The third-order valence-electron chi connectivity index (χ3n) is 5.57. The van der Waals surface area contributed by atoms with Crippen LogP contribution in [0.4, 0.5) is 15.9 Å². The number of hydrogen-bond donors (Lipinski definition) is 0. The first-order valence-electron chi connectivity index (χ1n) is 9.98. The van der Waals surface area contributed by atoms with Crippen LogP contribution >= 0.6 is 15.9 Å². The molecule has 0 bridgehead atoms. The molecule has 1 aliphatic heterocycles. The van der Waals surface area contributed by atoms with E-state index in [4.69, 9.17) is 0 Å².